The number of fused-ring (bicyclic) bond motifs is 16. The molecule has 0 aliphatic carbocycles. The molecule has 20 aromatic carbocycles. The molecule has 0 amide bonds. The summed E-state index contributed by atoms with van der Waals surface area (Å²) in [5, 5.41) is 9.22. The molecule has 0 atom stereocenters. The lowest BCUT2D eigenvalue weighted by atomic mass is 9.33. The van der Waals surface area contributed by atoms with Crippen LogP contribution < -0.4 is 26.2 Å². The fourth-order valence-electron chi connectivity index (χ4n) is 19.9. The lowest BCUT2D eigenvalue weighted by molar-refractivity contribution is 0.590. The molecule has 5 heteroatoms. The first-order valence-electron chi connectivity index (χ1n) is 49.7. The van der Waals surface area contributed by atoms with Crippen LogP contribution in [0.1, 0.15) is 71.9 Å². The number of rotatable bonds is 11. The molecule has 0 saturated carbocycles. The Morgan fingerprint density at radius 2 is 0.616 bits per heavy atom. The molecule has 0 N–H and O–H groups in total. The lowest BCUT2D eigenvalue weighted by Gasteiger charge is -2.46. The highest BCUT2D eigenvalue weighted by molar-refractivity contribution is 7.00. The summed E-state index contributed by atoms with van der Waals surface area (Å²) < 4.78 is 143. The van der Waals surface area contributed by atoms with Crippen LogP contribution in [0.15, 0.2) is 418 Å². The largest absolute Gasteiger partial charge is 0.310 e. The molecule has 590 valence electrons. The Labute approximate surface area is 748 Å². The first kappa shape index (κ1) is 60.2. The van der Waals surface area contributed by atoms with E-state index < -0.39 is 53.8 Å². The topological polar surface area (TPSA) is 16.3 Å². The van der Waals surface area contributed by atoms with Gasteiger partial charge in [-0.2, -0.15) is 0 Å². The third kappa shape index (κ3) is 11.9. The zero-order valence-electron chi connectivity index (χ0n) is 83.6. The summed E-state index contributed by atoms with van der Waals surface area (Å²) in [5.41, 5.74) is 19.3. The molecule has 0 bridgehead atoms. The summed E-state index contributed by atoms with van der Waals surface area (Å²) in [5.74, 6) is 0. The van der Waals surface area contributed by atoms with Gasteiger partial charge in [0.05, 0.1) is 52.6 Å². The summed E-state index contributed by atoms with van der Waals surface area (Å²) in [6, 6.07) is 110. The van der Waals surface area contributed by atoms with Gasteiger partial charge in [0.2, 0.25) is 0 Å². The quantitative estimate of drug-likeness (QED) is 0.0948. The fraction of sp³-hybridized carbons (Fsp3) is 0.0667. The van der Waals surface area contributed by atoms with Crippen molar-refractivity contribution in [2.24, 2.45) is 0 Å². The van der Waals surface area contributed by atoms with Gasteiger partial charge in [-0.1, -0.05) is 369 Å². The molecule has 0 radical (unpaired) electrons. The second-order valence-corrected chi connectivity index (χ2v) is 35.2. The van der Waals surface area contributed by atoms with Gasteiger partial charge >= 0.3 is 0 Å². The van der Waals surface area contributed by atoms with Crippen LogP contribution in [0.4, 0.5) is 34.1 Å². The van der Waals surface area contributed by atoms with E-state index in [2.05, 4.69) is 300 Å². The van der Waals surface area contributed by atoms with Gasteiger partial charge in [-0.15, -0.1) is 0 Å². The zero-order chi connectivity index (χ0) is 95.7. The number of aromatic nitrogens is 2. The Morgan fingerprint density at radius 3 is 1.10 bits per heavy atom. The van der Waals surface area contributed by atoms with Crippen LogP contribution in [0.3, 0.4) is 0 Å². The van der Waals surface area contributed by atoms with Crippen LogP contribution in [0, 0.1) is 0 Å². The van der Waals surface area contributed by atoms with Crippen LogP contribution in [-0.4, -0.2) is 15.8 Å². The van der Waals surface area contributed by atoms with Gasteiger partial charge < -0.3 is 18.9 Å². The molecule has 4 heterocycles. The smallest absolute Gasteiger partial charge is 0.252 e. The predicted octanol–water partition coefficient (Wildman–Crippen LogP) is 30.8. The van der Waals surface area contributed by atoms with E-state index >= 15 is 0 Å². The third-order valence-corrected chi connectivity index (χ3v) is 25.9. The molecule has 0 saturated heterocycles. The molecule has 2 aliphatic rings. The van der Waals surface area contributed by atoms with Crippen molar-refractivity contribution in [3.8, 4) is 89.3 Å². The van der Waals surface area contributed by atoms with Crippen LogP contribution >= 0.6 is 0 Å². The van der Waals surface area contributed by atoms with Gasteiger partial charge in [-0.25, -0.2) is 0 Å². The molecule has 0 fully saturated rings. The highest BCUT2D eigenvalue weighted by atomic mass is 15.2. The van der Waals surface area contributed by atoms with Crippen molar-refractivity contribution in [1.82, 2.24) is 9.13 Å². The van der Waals surface area contributed by atoms with E-state index in [9.17, 15) is 19.2 Å². The van der Waals surface area contributed by atoms with Crippen LogP contribution in [-0.2, 0) is 10.8 Å². The number of benzene rings is 20. The third-order valence-electron chi connectivity index (χ3n) is 25.9. The summed E-state index contributed by atoms with van der Waals surface area (Å²) in [6.07, 6.45) is 0. The minimum atomic E-state index is -0.785. The van der Waals surface area contributed by atoms with Gasteiger partial charge in [0, 0.05) is 77.9 Å². The molecule has 4 nitrogen and oxygen atoms in total. The minimum Gasteiger partial charge on any atom is -0.310 e. The maximum atomic E-state index is 10.4. The minimum absolute atomic E-state index is 0.0475. The van der Waals surface area contributed by atoms with E-state index in [1.165, 1.54) is 0 Å². The Hall–Kier alpha value is -15.3. The maximum absolute atomic E-state index is 10.4. The number of nitrogens with zero attached hydrogens (tertiary/aromatic N) is 4. The second kappa shape index (κ2) is 28.7. The SMILES string of the molecule is [2H]c1c([2H])c([2H])c2c(c1[2H])c1c(-c3ccccc3)c([2H])c([2H])c([2H])c1n2-c1ccc2c(c1)N(c1c(-c3ccc4c(ccc5ccccc54)c3)cccc1-c1ccc3c(ccc4ccccc43)c1)c1cc(C(C)(C)C)cc3c1B2c1ccc(-n2c4c([2H])c([2H])c([2H])c([2H])c4c4c(-c5ccccc5)c([2H])c([2H])c([2H])c42)cc1N3c1c(-c2ccccc2)cc(C(C)(C)C)cc1-c1cccc(-c2ccccc2)c1. The van der Waals surface area contributed by atoms with Gasteiger partial charge in [0.15, 0.2) is 0 Å². The molecule has 22 aromatic rings. The van der Waals surface area contributed by atoms with Gasteiger partial charge in [0.1, 0.15) is 0 Å². The summed E-state index contributed by atoms with van der Waals surface area (Å²) in [4.78, 5) is 4.85. The normalized spacial score (nSPS) is 14.2. The van der Waals surface area contributed by atoms with Crippen LogP contribution in [0.2, 0.25) is 0 Å². The van der Waals surface area contributed by atoms with Crippen molar-refractivity contribution in [3.05, 3.63) is 429 Å². The standard InChI is InChI=1S/C120H87BN4/c1-119(2,3)88-70-102(79-37-17-10-18-38-79)118(103(71-88)83-42-27-41-82(67-83)76-31-11-7-12-32-76)125-111-75-91(123-107-52-26-24-46-101(107)115-97(48-30-54-109(115)123)78-35-15-9-16-36-78)62-66-105(111)121-104-65-61-90(122-106-51-25-23-45-100(106)114-96(47-29-53-108(114)122)77-33-13-8-14-34-77)74-110(104)124(112-72-89(120(4,5)6)73-113(125)116(112)121)117-98(86-59-63-94-84(68-86)57-55-80-39-19-21-43-92(80)94)49-28-50-99(117)87-60-64-95-85(69-87)58-56-81-40-20-22-44-93(81)95/h7-75H,1-6H3/i23D,24D,25D,26D,29D,30D,45D,46D,47D,48D,51D,52D,53D,54D. The summed E-state index contributed by atoms with van der Waals surface area (Å²) in [6.45, 7) is 12.6. The molecule has 0 spiro atoms. The van der Waals surface area contributed by atoms with Crippen LogP contribution in [0.5, 0.6) is 0 Å². The second-order valence-electron chi connectivity index (χ2n) is 35.2. The molecular formula is C120H87BN4. The number of hydrogen-bond acceptors (Lipinski definition) is 2. The van der Waals surface area contributed by atoms with Crippen molar-refractivity contribution in [2.75, 3.05) is 9.80 Å². The van der Waals surface area contributed by atoms with Gasteiger partial charge in [-0.05, 0) is 228 Å². The molecule has 125 heavy (non-hydrogen) atoms. The first-order chi connectivity index (χ1) is 67.1. The first-order valence-corrected chi connectivity index (χ1v) is 42.7. The van der Waals surface area contributed by atoms with Crippen molar-refractivity contribution in [1.29, 1.82) is 0 Å². The van der Waals surface area contributed by atoms with E-state index in [0.717, 1.165) is 149 Å². The monoisotopic (exact) mass is 1610 g/mol. The molecule has 0 unspecified atom stereocenters. The predicted molar refractivity (Wildman–Crippen MR) is 535 cm³/mol. The summed E-state index contributed by atoms with van der Waals surface area (Å²) >= 11 is 0. The fourth-order valence-corrected chi connectivity index (χ4v) is 19.9. The number of anilines is 6. The highest BCUT2D eigenvalue weighted by Gasteiger charge is 2.47. The molecular weight excluding hydrogens is 1510 g/mol. The van der Waals surface area contributed by atoms with Crippen molar-refractivity contribution in [2.45, 2.75) is 52.4 Å². The van der Waals surface area contributed by atoms with Crippen molar-refractivity contribution < 1.29 is 19.2 Å². The highest BCUT2D eigenvalue weighted by Crippen LogP contribution is 2.57. The Kier molecular flexibility index (Phi) is 13.8. The van der Waals surface area contributed by atoms with E-state index in [-0.39, 0.29) is 103 Å². The van der Waals surface area contributed by atoms with Crippen LogP contribution in [0.25, 0.3) is 176 Å². The number of hydrogen-bond donors (Lipinski definition) is 0. The van der Waals surface area contributed by atoms with Crippen molar-refractivity contribution in [3.63, 3.8) is 0 Å². The van der Waals surface area contributed by atoms with E-state index in [4.69, 9.17) is 0 Å². The average molecular weight is 1610 g/mol. The van der Waals surface area contributed by atoms with Gasteiger partial charge in [-0.3, -0.25) is 0 Å². The molecule has 24 rings (SSSR count). The zero-order valence-corrected chi connectivity index (χ0v) is 69.6. The molecule has 2 aromatic heterocycles. The molecule has 2 aliphatic heterocycles. The van der Waals surface area contributed by atoms with Crippen molar-refractivity contribution >= 4 is 144 Å². The Balaban J connectivity index is 0.901. The summed E-state index contributed by atoms with van der Waals surface area (Å²) in [7, 11) is 0. The van der Waals surface area contributed by atoms with E-state index in [1.54, 1.807) is 9.13 Å². The lowest BCUT2D eigenvalue weighted by Crippen LogP contribution is -2.61. The maximum Gasteiger partial charge on any atom is 0.252 e. The van der Waals surface area contributed by atoms with E-state index in [0.29, 0.717) is 33.9 Å². The number of para-hydroxylation sites is 3. The van der Waals surface area contributed by atoms with Gasteiger partial charge in [0.25, 0.3) is 6.71 Å². The Morgan fingerprint density at radius 1 is 0.240 bits per heavy atom. The average Bonchev–Trinajstić information content (AvgIpc) is 1.50. The Bertz CT molecular complexity index is 8960. The van der Waals surface area contributed by atoms with E-state index in [1.807, 2.05) is 84.9 Å².